The third-order valence-electron chi connectivity index (χ3n) is 3.16. The summed E-state index contributed by atoms with van der Waals surface area (Å²) in [6.07, 6.45) is 0. The molecule has 2 rings (SSSR count). The second-order valence-electron chi connectivity index (χ2n) is 5.06. The van der Waals surface area contributed by atoms with E-state index in [2.05, 4.69) is 9.46 Å². The van der Waals surface area contributed by atoms with Crippen LogP contribution in [0.5, 0.6) is 0 Å². The molecule has 0 saturated heterocycles. The zero-order chi connectivity index (χ0) is 18.4. The van der Waals surface area contributed by atoms with Crippen LogP contribution in [-0.4, -0.2) is 34.0 Å². The molecule has 1 aromatic heterocycles. The summed E-state index contributed by atoms with van der Waals surface area (Å²) in [6, 6.07) is 9.04. The summed E-state index contributed by atoms with van der Waals surface area (Å²) in [4.78, 5) is 23.0. The molecule has 25 heavy (non-hydrogen) atoms. The molecular formula is C16H17NO7S. The number of carbonyl (C=O) groups excluding carboxylic acids is 2. The van der Waals surface area contributed by atoms with Crippen LogP contribution in [0.3, 0.4) is 0 Å². The highest BCUT2D eigenvalue weighted by atomic mass is 32.2. The molecule has 2 aromatic rings. The van der Waals surface area contributed by atoms with Crippen molar-refractivity contribution in [3.05, 3.63) is 53.5 Å². The van der Waals surface area contributed by atoms with Gasteiger partial charge in [-0.15, -0.1) is 0 Å². The lowest BCUT2D eigenvalue weighted by molar-refractivity contribution is -0.144. The Labute approximate surface area is 144 Å². The molecule has 0 unspecified atom stereocenters. The number of nitrogens with one attached hydrogen (secondary N) is 1. The lowest BCUT2D eigenvalue weighted by Gasteiger charge is -2.07. The molecule has 9 heteroatoms. The van der Waals surface area contributed by atoms with Crippen LogP contribution >= 0.6 is 0 Å². The van der Waals surface area contributed by atoms with Gasteiger partial charge >= 0.3 is 11.9 Å². The maximum absolute atomic E-state index is 12.0. The van der Waals surface area contributed by atoms with Crippen LogP contribution in [0.15, 0.2) is 45.7 Å². The van der Waals surface area contributed by atoms with Crippen molar-refractivity contribution >= 4 is 22.0 Å². The molecule has 134 valence electrons. The zero-order valence-corrected chi connectivity index (χ0v) is 14.5. The second kappa shape index (κ2) is 7.95. The Bertz CT molecular complexity index is 853. The van der Waals surface area contributed by atoms with Crippen molar-refractivity contribution in [2.45, 2.75) is 18.4 Å². The van der Waals surface area contributed by atoms with Gasteiger partial charge in [0, 0.05) is 0 Å². The lowest BCUT2D eigenvalue weighted by Crippen LogP contribution is -2.30. The number of furan rings is 1. The predicted octanol–water partition coefficient (Wildman–Crippen LogP) is 1.40. The van der Waals surface area contributed by atoms with Gasteiger partial charge < -0.3 is 13.9 Å². The SMILES string of the molecule is COC(=O)c1ccc(COC(=O)CNS(=O)(=O)c2ccc(C)cc2)o1. The van der Waals surface area contributed by atoms with E-state index in [9.17, 15) is 18.0 Å². The summed E-state index contributed by atoms with van der Waals surface area (Å²) in [5.41, 5.74) is 0.920. The van der Waals surface area contributed by atoms with Crippen LogP contribution in [0.25, 0.3) is 0 Å². The molecule has 0 amide bonds. The van der Waals surface area contributed by atoms with Crippen molar-refractivity contribution in [3.8, 4) is 0 Å². The molecule has 1 aromatic carbocycles. The third-order valence-corrected chi connectivity index (χ3v) is 4.58. The quantitative estimate of drug-likeness (QED) is 0.736. The van der Waals surface area contributed by atoms with Crippen LogP contribution in [0.2, 0.25) is 0 Å². The van der Waals surface area contributed by atoms with E-state index in [1.165, 1.54) is 31.4 Å². The number of carbonyl (C=O) groups is 2. The number of esters is 2. The van der Waals surface area contributed by atoms with E-state index in [4.69, 9.17) is 9.15 Å². The molecule has 1 N–H and O–H groups in total. The molecule has 0 atom stereocenters. The number of hydrogen-bond acceptors (Lipinski definition) is 7. The van der Waals surface area contributed by atoms with E-state index in [0.29, 0.717) is 0 Å². The average molecular weight is 367 g/mol. The summed E-state index contributed by atoms with van der Waals surface area (Å²) in [6.45, 7) is 1.07. The van der Waals surface area contributed by atoms with Crippen molar-refractivity contribution in [1.29, 1.82) is 0 Å². The lowest BCUT2D eigenvalue weighted by atomic mass is 10.2. The maximum atomic E-state index is 12.0. The molecule has 1 heterocycles. The summed E-state index contributed by atoms with van der Waals surface area (Å²) >= 11 is 0. The number of hydrogen-bond donors (Lipinski definition) is 1. The fourth-order valence-corrected chi connectivity index (χ4v) is 2.79. The van der Waals surface area contributed by atoms with E-state index < -0.39 is 28.5 Å². The summed E-state index contributed by atoms with van der Waals surface area (Å²) in [5, 5.41) is 0. The molecule has 0 aliphatic heterocycles. The van der Waals surface area contributed by atoms with Crippen LogP contribution in [0.1, 0.15) is 21.9 Å². The minimum absolute atomic E-state index is 0.0198. The fourth-order valence-electron chi connectivity index (χ4n) is 1.82. The zero-order valence-electron chi connectivity index (χ0n) is 13.6. The van der Waals surface area contributed by atoms with Gasteiger partial charge in [0.25, 0.3) is 0 Å². The predicted molar refractivity (Wildman–Crippen MR) is 86.2 cm³/mol. The van der Waals surface area contributed by atoms with Gasteiger partial charge in [-0.05, 0) is 31.2 Å². The van der Waals surface area contributed by atoms with Crippen molar-refractivity contribution in [3.63, 3.8) is 0 Å². The van der Waals surface area contributed by atoms with E-state index >= 15 is 0 Å². The van der Waals surface area contributed by atoms with E-state index in [0.717, 1.165) is 5.56 Å². The van der Waals surface area contributed by atoms with Gasteiger partial charge in [-0.25, -0.2) is 13.2 Å². The minimum Gasteiger partial charge on any atom is -0.463 e. The Morgan fingerprint density at radius 2 is 1.80 bits per heavy atom. The van der Waals surface area contributed by atoms with E-state index in [-0.39, 0.29) is 23.0 Å². The highest BCUT2D eigenvalue weighted by molar-refractivity contribution is 7.89. The van der Waals surface area contributed by atoms with Gasteiger partial charge in [0.05, 0.1) is 12.0 Å². The van der Waals surface area contributed by atoms with Crippen molar-refractivity contribution in [1.82, 2.24) is 4.72 Å². The molecule has 0 spiro atoms. The van der Waals surface area contributed by atoms with E-state index in [1.54, 1.807) is 12.1 Å². The summed E-state index contributed by atoms with van der Waals surface area (Å²) in [5.74, 6) is -1.22. The van der Waals surface area contributed by atoms with Crippen LogP contribution < -0.4 is 4.72 Å². The Hall–Kier alpha value is -2.65. The average Bonchev–Trinajstić information content (AvgIpc) is 3.07. The summed E-state index contributed by atoms with van der Waals surface area (Å²) in [7, 11) is -2.59. The highest BCUT2D eigenvalue weighted by Gasteiger charge is 2.17. The number of sulfonamides is 1. The van der Waals surface area contributed by atoms with Gasteiger partial charge in [0.1, 0.15) is 18.9 Å². The molecule has 8 nitrogen and oxygen atoms in total. The number of methoxy groups -OCH3 is 1. The third kappa shape index (κ3) is 5.16. The Kier molecular flexibility index (Phi) is 5.94. The first-order valence-corrected chi connectivity index (χ1v) is 8.69. The highest BCUT2D eigenvalue weighted by Crippen LogP contribution is 2.11. The maximum Gasteiger partial charge on any atom is 0.373 e. The Morgan fingerprint density at radius 3 is 2.44 bits per heavy atom. The largest absolute Gasteiger partial charge is 0.463 e. The normalized spacial score (nSPS) is 11.1. The smallest absolute Gasteiger partial charge is 0.373 e. The Morgan fingerprint density at radius 1 is 1.12 bits per heavy atom. The number of aryl methyl sites for hydroxylation is 1. The monoisotopic (exact) mass is 367 g/mol. The van der Waals surface area contributed by atoms with Crippen LogP contribution in [0, 0.1) is 6.92 Å². The molecule has 0 fully saturated rings. The van der Waals surface area contributed by atoms with Crippen LogP contribution in [0.4, 0.5) is 0 Å². The standard InChI is InChI=1S/C16H17NO7S/c1-11-3-6-13(7-4-11)25(20,21)17-9-15(18)23-10-12-5-8-14(24-12)16(19)22-2/h3-8,17H,9-10H2,1-2H3. The van der Waals surface area contributed by atoms with Crippen molar-refractivity contribution in [2.24, 2.45) is 0 Å². The van der Waals surface area contributed by atoms with Crippen LogP contribution in [-0.2, 0) is 30.9 Å². The second-order valence-corrected chi connectivity index (χ2v) is 6.82. The summed E-state index contributed by atoms with van der Waals surface area (Å²) < 4.78 is 40.7. The fraction of sp³-hybridized carbons (Fsp3) is 0.250. The molecule has 0 aliphatic rings. The van der Waals surface area contributed by atoms with Gasteiger partial charge in [-0.3, -0.25) is 4.79 Å². The molecule has 0 radical (unpaired) electrons. The number of rotatable bonds is 7. The first-order chi connectivity index (χ1) is 11.8. The van der Waals surface area contributed by atoms with Crippen molar-refractivity contribution in [2.75, 3.05) is 13.7 Å². The minimum atomic E-state index is -3.80. The molecular weight excluding hydrogens is 350 g/mol. The molecule has 0 aliphatic carbocycles. The van der Waals surface area contributed by atoms with E-state index in [1.807, 2.05) is 6.92 Å². The number of benzene rings is 1. The first-order valence-electron chi connectivity index (χ1n) is 7.21. The van der Waals surface area contributed by atoms with Gasteiger partial charge in [-0.1, -0.05) is 17.7 Å². The number of ether oxygens (including phenoxy) is 2. The topological polar surface area (TPSA) is 112 Å². The van der Waals surface area contributed by atoms with Crippen molar-refractivity contribution < 1.29 is 31.9 Å². The van der Waals surface area contributed by atoms with Gasteiger partial charge in [0.2, 0.25) is 15.8 Å². The molecule has 0 bridgehead atoms. The van der Waals surface area contributed by atoms with Gasteiger partial charge in [-0.2, -0.15) is 4.72 Å². The first kappa shape index (κ1) is 18.7. The molecule has 0 saturated carbocycles. The van der Waals surface area contributed by atoms with Gasteiger partial charge in [0.15, 0.2) is 0 Å². The Balaban J connectivity index is 1.85.